The minimum atomic E-state index is -0.425. The second kappa shape index (κ2) is 6.98. The van der Waals surface area contributed by atoms with Crippen molar-refractivity contribution < 1.29 is 9.53 Å². The number of nitrogens with one attached hydrogen (secondary N) is 1. The number of carbonyl (C=O) groups is 1. The zero-order valence-electron chi connectivity index (χ0n) is 15.5. The van der Waals surface area contributed by atoms with Crippen LogP contribution in [0.1, 0.15) is 31.4 Å². The van der Waals surface area contributed by atoms with E-state index in [2.05, 4.69) is 30.4 Å². The highest BCUT2D eigenvalue weighted by atomic mass is 16.5. The Bertz CT molecular complexity index is 943. The molecule has 0 fully saturated rings. The molecule has 27 heavy (non-hydrogen) atoms. The Hall–Kier alpha value is -3.56. The zero-order valence-corrected chi connectivity index (χ0v) is 15.5. The number of ether oxygens (including phenoxy) is 1. The quantitative estimate of drug-likeness (QED) is 0.702. The van der Waals surface area contributed by atoms with Gasteiger partial charge in [0.05, 0.1) is 31.4 Å². The number of anilines is 1. The summed E-state index contributed by atoms with van der Waals surface area (Å²) in [5.74, 6) is 0.690. The minimum absolute atomic E-state index is 0.00867. The number of nitrogen functional groups attached to an aromatic ring is 1. The number of amides is 1. The first kappa shape index (κ1) is 18.2. The van der Waals surface area contributed by atoms with E-state index in [0.717, 1.165) is 0 Å². The molecule has 3 rings (SSSR count). The number of rotatable bonds is 4. The molecule has 0 spiro atoms. The Balaban J connectivity index is 2.08. The minimum Gasteiger partial charge on any atom is -0.481 e. The van der Waals surface area contributed by atoms with Gasteiger partial charge in [-0.15, -0.1) is 5.10 Å². The van der Waals surface area contributed by atoms with E-state index in [9.17, 15) is 4.79 Å². The van der Waals surface area contributed by atoms with Gasteiger partial charge in [0, 0.05) is 11.6 Å². The smallest absolute Gasteiger partial charge is 0.291 e. The van der Waals surface area contributed by atoms with Crippen LogP contribution in [0.5, 0.6) is 5.88 Å². The van der Waals surface area contributed by atoms with Gasteiger partial charge in [-0.25, -0.2) is 24.6 Å². The van der Waals surface area contributed by atoms with Gasteiger partial charge in [-0.05, 0) is 26.8 Å². The van der Waals surface area contributed by atoms with Crippen LogP contribution < -0.4 is 15.8 Å². The van der Waals surface area contributed by atoms with Crippen LogP contribution in [0.2, 0.25) is 0 Å². The largest absolute Gasteiger partial charge is 0.481 e. The standard InChI is InChI=1S/C17H20N8O2/c1-17(2,3)23-16(26)14-22-15(11-8-20-12(18)9-19-11)25(24-14)10-5-6-13(27-4)21-7-10/h5-9H,1-4H3,(H2,18,20)(H,23,26). The second-order valence-electron chi connectivity index (χ2n) is 6.76. The molecule has 0 aliphatic rings. The van der Waals surface area contributed by atoms with Crippen molar-refractivity contribution in [3.8, 4) is 23.1 Å². The summed E-state index contributed by atoms with van der Waals surface area (Å²) in [6.45, 7) is 5.63. The zero-order chi connectivity index (χ0) is 19.6. The van der Waals surface area contributed by atoms with Gasteiger partial charge in [0.1, 0.15) is 11.5 Å². The molecule has 3 aromatic rings. The van der Waals surface area contributed by atoms with Gasteiger partial charge in [0.15, 0.2) is 5.82 Å². The molecule has 0 bridgehead atoms. The van der Waals surface area contributed by atoms with Crippen molar-refractivity contribution in [2.24, 2.45) is 0 Å². The van der Waals surface area contributed by atoms with E-state index in [-0.39, 0.29) is 11.6 Å². The normalized spacial score (nSPS) is 11.3. The van der Waals surface area contributed by atoms with E-state index in [0.29, 0.717) is 23.1 Å². The molecule has 3 aromatic heterocycles. The molecule has 0 saturated heterocycles. The third kappa shape index (κ3) is 4.17. The molecular formula is C17H20N8O2. The van der Waals surface area contributed by atoms with E-state index >= 15 is 0 Å². The number of pyridine rings is 1. The van der Waals surface area contributed by atoms with Crippen molar-refractivity contribution >= 4 is 11.7 Å². The maximum Gasteiger partial charge on any atom is 0.291 e. The highest BCUT2D eigenvalue weighted by Gasteiger charge is 2.23. The molecule has 0 saturated carbocycles. The summed E-state index contributed by atoms with van der Waals surface area (Å²) >= 11 is 0. The molecule has 0 radical (unpaired) electrons. The summed E-state index contributed by atoms with van der Waals surface area (Å²) in [5.41, 5.74) is 6.19. The van der Waals surface area contributed by atoms with E-state index in [1.165, 1.54) is 24.2 Å². The molecule has 0 aliphatic carbocycles. The third-order valence-electron chi connectivity index (χ3n) is 3.37. The highest BCUT2D eigenvalue weighted by Crippen LogP contribution is 2.20. The Kier molecular flexibility index (Phi) is 4.72. The van der Waals surface area contributed by atoms with Crippen LogP contribution in [0.4, 0.5) is 5.82 Å². The molecule has 0 unspecified atom stereocenters. The molecule has 0 aliphatic heterocycles. The summed E-state index contributed by atoms with van der Waals surface area (Å²) in [4.78, 5) is 29.3. The number of aromatic nitrogens is 6. The number of nitrogens with zero attached hydrogens (tertiary/aromatic N) is 6. The first-order chi connectivity index (χ1) is 12.8. The molecule has 1 amide bonds. The lowest BCUT2D eigenvalue weighted by Crippen LogP contribution is -2.41. The molecule has 0 aromatic carbocycles. The van der Waals surface area contributed by atoms with Gasteiger partial charge in [-0.2, -0.15) is 0 Å². The van der Waals surface area contributed by atoms with E-state index in [1.54, 1.807) is 18.3 Å². The third-order valence-corrected chi connectivity index (χ3v) is 3.37. The summed E-state index contributed by atoms with van der Waals surface area (Å²) in [6.07, 6.45) is 4.45. The number of methoxy groups -OCH3 is 1. The van der Waals surface area contributed by atoms with Crippen molar-refractivity contribution in [2.75, 3.05) is 12.8 Å². The number of hydrogen-bond acceptors (Lipinski definition) is 8. The van der Waals surface area contributed by atoms with E-state index in [4.69, 9.17) is 10.5 Å². The van der Waals surface area contributed by atoms with Crippen LogP contribution >= 0.6 is 0 Å². The monoisotopic (exact) mass is 368 g/mol. The molecule has 10 heteroatoms. The maximum atomic E-state index is 12.5. The lowest BCUT2D eigenvalue weighted by atomic mass is 10.1. The van der Waals surface area contributed by atoms with Crippen LogP contribution in [0.3, 0.4) is 0 Å². The highest BCUT2D eigenvalue weighted by molar-refractivity contribution is 5.91. The van der Waals surface area contributed by atoms with E-state index in [1.807, 2.05) is 20.8 Å². The molecule has 0 atom stereocenters. The summed E-state index contributed by atoms with van der Waals surface area (Å²) in [6, 6.07) is 3.44. The Morgan fingerprint density at radius 3 is 2.48 bits per heavy atom. The van der Waals surface area contributed by atoms with Crippen molar-refractivity contribution in [3.05, 3.63) is 36.5 Å². The van der Waals surface area contributed by atoms with Crippen LogP contribution in [0, 0.1) is 0 Å². The Morgan fingerprint density at radius 1 is 1.15 bits per heavy atom. The molecule has 140 valence electrons. The Labute approximate surface area is 155 Å². The Morgan fingerprint density at radius 2 is 1.93 bits per heavy atom. The van der Waals surface area contributed by atoms with Crippen molar-refractivity contribution in [2.45, 2.75) is 26.3 Å². The van der Waals surface area contributed by atoms with Gasteiger partial charge in [0.2, 0.25) is 11.7 Å². The molecular weight excluding hydrogens is 348 g/mol. The lowest BCUT2D eigenvalue weighted by molar-refractivity contribution is 0.0909. The fourth-order valence-electron chi connectivity index (χ4n) is 2.22. The maximum absolute atomic E-state index is 12.5. The van der Waals surface area contributed by atoms with Gasteiger partial charge in [0.25, 0.3) is 5.91 Å². The number of hydrogen-bond donors (Lipinski definition) is 2. The summed E-state index contributed by atoms with van der Waals surface area (Å²) < 4.78 is 6.55. The van der Waals surface area contributed by atoms with Gasteiger partial charge >= 0.3 is 0 Å². The first-order valence-corrected chi connectivity index (χ1v) is 8.15. The van der Waals surface area contributed by atoms with Gasteiger partial charge in [-0.1, -0.05) is 0 Å². The van der Waals surface area contributed by atoms with Crippen molar-refractivity contribution in [1.29, 1.82) is 0 Å². The van der Waals surface area contributed by atoms with E-state index < -0.39 is 11.4 Å². The predicted molar refractivity (Wildman–Crippen MR) is 98.4 cm³/mol. The first-order valence-electron chi connectivity index (χ1n) is 8.15. The lowest BCUT2D eigenvalue weighted by Gasteiger charge is -2.18. The number of carbonyl (C=O) groups excluding carboxylic acids is 1. The fourth-order valence-corrected chi connectivity index (χ4v) is 2.22. The van der Waals surface area contributed by atoms with Crippen LogP contribution in [0.15, 0.2) is 30.7 Å². The fraction of sp³-hybridized carbons (Fsp3) is 0.294. The van der Waals surface area contributed by atoms with Gasteiger partial charge in [-0.3, -0.25) is 4.79 Å². The second-order valence-corrected chi connectivity index (χ2v) is 6.76. The van der Waals surface area contributed by atoms with Gasteiger partial charge < -0.3 is 15.8 Å². The predicted octanol–water partition coefficient (Wildman–Crippen LogP) is 1.24. The molecule has 3 heterocycles. The average Bonchev–Trinajstić information content (AvgIpc) is 3.06. The average molecular weight is 368 g/mol. The SMILES string of the molecule is COc1ccc(-n2nc(C(=O)NC(C)(C)C)nc2-c2cnc(N)cn2)cn1. The van der Waals surface area contributed by atoms with Crippen LogP contribution in [-0.2, 0) is 0 Å². The number of nitrogens with two attached hydrogens (primary N) is 1. The summed E-state index contributed by atoms with van der Waals surface area (Å²) in [5, 5.41) is 7.17. The van der Waals surface area contributed by atoms with Crippen LogP contribution in [-0.4, -0.2) is 48.3 Å². The van der Waals surface area contributed by atoms with Crippen molar-refractivity contribution in [1.82, 2.24) is 35.0 Å². The van der Waals surface area contributed by atoms with Crippen molar-refractivity contribution in [3.63, 3.8) is 0 Å². The molecule has 3 N–H and O–H groups in total. The van der Waals surface area contributed by atoms with Crippen LogP contribution in [0.25, 0.3) is 17.2 Å². The molecule has 10 nitrogen and oxygen atoms in total. The summed E-state index contributed by atoms with van der Waals surface area (Å²) in [7, 11) is 1.53. The topological polar surface area (TPSA) is 134 Å².